The van der Waals surface area contributed by atoms with Gasteiger partial charge in [-0.15, -0.1) is 11.8 Å². The summed E-state index contributed by atoms with van der Waals surface area (Å²) in [5.41, 5.74) is 3.17. The van der Waals surface area contributed by atoms with Crippen LogP contribution in [0.4, 0.5) is 0 Å². The van der Waals surface area contributed by atoms with Crippen LogP contribution in [0.1, 0.15) is 17.5 Å². The zero-order valence-corrected chi connectivity index (χ0v) is 11.8. The summed E-state index contributed by atoms with van der Waals surface area (Å²) in [6.07, 6.45) is 3.85. The maximum Gasteiger partial charge on any atom is 0.0136 e. The third-order valence-corrected chi connectivity index (χ3v) is 5.23. The second-order valence-electron chi connectivity index (χ2n) is 5.20. The lowest BCUT2D eigenvalue weighted by atomic mass is 10.0. The maximum absolute atomic E-state index is 3.42. The number of hydrogen-bond donors (Lipinski definition) is 1. The molecule has 1 aromatic carbocycles. The van der Waals surface area contributed by atoms with Crippen molar-refractivity contribution < 1.29 is 0 Å². The van der Waals surface area contributed by atoms with Crippen LogP contribution in [0, 0.1) is 0 Å². The number of piperazine rings is 1. The molecule has 1 aromatic rings. The van der Waals surface area contributed by atoms with Crippen molar-refractivity contribution >= 4 is 11.8 Å². The van der Waals surface area contributed by atoms with Crippen LogP contribution in [0.5, 0.6) is 0 Å². The first-order valence-electron chi connectivity index (χ1n) is 7.10. The fourth-order valence-electron chi connectivity index (χ4n) is 2.87. The van der Waals surface area contributed by atoms with E-state index in [9.17, 15) is 0 Å². The molecule has 2 aliphatic heterocycles. The smallest absolute Gasteiger partial charge is 0.0136 e. The van der Waals surface area contributed by atoms with Gasteiger partial charge in [-0.05, 0) is 36.1 Å². The molecule has 3 heteroatoms. The Morgan fingerprint density at radius 3 is 3.00 bits per heavy atom. The van der Waals surface area contributed by atoms with E-state index in [0.717, 1.165) is 13.1 Å². The van der Waals surface area contributed by atoms with Gasteiger partial charge in [0.2, 0.25) is 0 Å². The second-order valence-corrected chi connectivity index (χ2v) is 6.30. The van der Waals surface area contributed by atoms with E-state index < -0.39 is 0 Å². The van der Waals surface area contributed by atoms with E-state index >= 15 is 0 Å². The summed E-state index contributed by atoms with van der Waals surface area (Å²) in [7, 11) is 0. The van der Waals surface area contributed by atoms with E-state index in [0.29, 0.717) is 0 Å². The van der Waals surface area contributed by atoms with Gasteiger partial charge in [-0.25, -0.2) is 0 Å². The average molecular weight is 262 g/mol. The third kappa shape index (κ3) is 2.90. The van der Waals surface area contributed by atoms with E-state index in [-0.39, 0.29) is 0 Å². The van der Waals surface area contributed by atoms with Crippen LogP contribution >= 0.6 is 11.8 Å². The molecule has 0 amide bonds. The van der Waals surface area contributed by atoms with Crippen molar-refractivity contribution in [2.75, 3.05) is 38.5 Å². The van der Waals surface area contributed by atoms with Gasteiger partial charge in [-0.2, -0.15) is 0 Å². The van der Waals surface area contributed by atoms with Crippen LogP contribution in [0.2, 0.25) is 0 Å². The van der Waals surface area contributed by atoms with Crippen LogP contribution in [-0.2, 0) is 12.8 Å². The van der Waals surface area contributed by atoms with Crippen molar-refractivity contribution in [2.45, 2.75) is 24.2 Å². The minimum atomic E-state index is 1.15. The van der Waals surface area contributed by atoms with Crippen molar-refractivity contribution in [3.8, 4) is 0 Å². The molecule has 2 nitrogen and oxygen atoms in total. The van der Waals surface area contributed by atoms with Crippen molar-refractivity contribution in [1.29, 1.82) is 0 Å². The lowest BCUT2D eigenvalue weighted by Gasteiger charge is -2.28. The summed E-state index contributed by atoms with van der Waals surface area (Å²) in [5, 5.41) is 3.42. The van der Waals surface area contributed by atoms with E-state index in [1.807, 2.05) is 0 Å². The van der Waals surface area contributed by atoms with Crippen molar-refractivity contribution in [1.82, 2.24) is 10.2 Å². The standard InChI is InChI=1S/C15H22N2S/c1-3-13-5-2-12-18-15(13)14(4-1)6-9-17-10-7-16-8-11-17/h1,3-4,16H,2,5-12H2. The van der Waals surface area contributed by atoms with Crippen LogP contribution in [0.3, 0.4) is 0 Å². The number of thioether (sulfide) groups is 1. The highest BCUT2D eigenvalue weighted by molar-refractivity contribution is 7.99. The molecule has 0 unspecified atom stereocenters. The van der Waals surface area contributed by atoms with Crippen LogP contribution in [-0.4, -0.2) is 43.4 Å². The number of fused-ring (bicyclic) bond motifs is 1. The van der Waals surface area contributed by atoms with Gasteiger partial charge in [0.1, 0.15) is 0 Å². The summed E-state index contributed by atoms with van der Waals surface area (Å²) in [5.74, 6) is 1.30. The molecule has 0 atom stereocenters. The van der Waals surface area contributed by atoms with E-state index in [4.69, 9.17) is 0 Å². The molecule has 2 heterocycles. The number of nitrogens with one attached hydrogen (secondary N) is 1. The topological polar surface area (TPSA) is 15.3 Å². The predicted molar refractivity (Wildman–Crippen MR) is 78.5 cm³/mol. The van der Waals surface area contributed by atoms with Gasteiger partial charge in [-0.3, -0.25) is 0 Å². The normalized spacial score (nSPS) is 20.7. The summed E-state index contributed by atoms with van der Waals surface area (Å²) >= 11 is 2.07. The molecule has 18 heavy (non-hydrogen) atoms. The van der Waals surface area contributed by atoms with E-state index in [2.05, 4.69) is 40.2 Å². The Morgan fingerprint density at radius 1 is 1.22 bits per heavy atom. The highest BCUT2D eigenvalue weighted by Gasteiger charge is 2.15. The zero-order valence-electron chi connectivity index (χ0n) is 11.0. The minimum Gasteiger partial charge on any atom is -0.314 e. The number of aryl methyl sites for hydroxylation is 1. The molecule has 0 aromatic heterocycles. The number of benzene rings is 1. The van der Waals surface area contributed by atoms with Gasteiger partial charge < -0.3 is 10.2 Å². The van der Waals surface area contributed by atoms with Gasteiger partial charge in [0, 0.05) is 37.6 Å². The van der Waals surface area contributed by atoms with E-state index in [1.165, 1.54) is 44.6 Å². The summed E-state index contributed by atoms with van der Waals surface area (Å²) < 4.78 is 0. The van der Waals surface area contributed by atoms with Crippen molar-refractivity contribution in [3.63, 3.8) is 0 Å². The first-order chi connectivity index (χ1) is 8.93. The molecule has 0 radical (unpaired) electrons. The van der Waals surface area contributed by atoms with Crippen molar-refractivity contribution in [3.05, 3.63) is 29.3 Å². The lowest BCUT2D eigenvalue weighted by molar-refractivity contribution is 0.243. The SMILES string of the molecule is c1cc2c(c(CCN3CCNCC3)c1)SCCC2. The molecule has 98 valence electrons. The summed E-state index contributed by atoms with van der Waals surface area (Å²) in [4.78, 5) is 4.18. The lowest BCUT2D eigenvalue weighted by Crippen LogP contribution is -2.44. The Morgan fingerprint density at radius 2 is 2.11 bits per heavy atom. The Bertz CT molecular complexity index is 399. The summed E-state index contributed by atoms with van der Waals surface area (Å²) in [6.45, 7) is 5.95. The molecular formula is C15H22N2S. The molecule has 0 aliphatic carbocycles. The number of hydrogen-bond acceptors (Lipinski definition) is 3. The van der Waals surface area contributed by atoms with Crippen LogP contribution in [0.15, 0.2) is 23.1 Å². The molecule has 0 saturated carbocycles. The monoisotopic (exact) mass is 262 g/mol. The number of rotatable bonds is 3. The quantitative estimate of drug-likeness (QED) is 0.899. The van der Waals surface area contributed by atoms with Gasteiger partial charge in [0.25, 0.3) is 0 Å². The van der Waals surface area contributed by atoms with Crippen LogP contribution in [0.25, 0.3) is 0 Å². The van der Waals surface area contributed by atoms with Crippen molar-refractivity contribution in [2.24, 2.45) is 0 Å². The van der Waals surface area contributed by atoms with Gasteiger partial charge in [-0.1, -0.05) is 18.2 Å². The van der Waals surface area contributed by atoms with Gasteiger partial charge in [0.05, 0.1) is 0 Å². The second kappa shape index (κ2) is 6.09. The average Bonchev–Trinajstić information content (AvgIpc) is 2.46. The molecule has 2 aliphatic rings. The first-order valence-corrected chi connectivity index (χ1v) is 8.09. The molecule has 1 N–H and O–H groups in total. The Balaban J connectivity index is 1.65. The Hall–Kier alpha value is -0.510. The fourth-order valence-corrected chi connectivity index (χ4v) is 4.07. The van der Waals surface area contributed by atoms with Gasteiger partial charge in [0.15, 0.2) is 0 Å². The largest absolute Gasteiger partial charge is 0.314 e. The highest BCUT2D eigenvalue weighted by atomic mass is 32.2. The Kier molecular flexibility index (Phi) is 4.24. The van der Waals surface area contributed by atoms with E-state index in [1.54, 1.807) is 16.0 Å². The van der Waals surface area contributed by atoms with Gasteiger partial charge >= 0.3 is 0 Å². The highest BCUT2D eigenvalue weighted by Crippen LogP contribution is 2.33. The van der Waals surface area contributed by atoms with Crippen LogP contribution < -0.4 is 5.32 Å². The molecule has 1 saturated heterocycles. The fraction of sp³-hybridized carbons (Fsp3) is 0.600. The number of nitrogens with zero attached hydrogens (tertiary/aromatic N) is 1. The molecular weight excluding hydrogens is 240 g/mol. The summed E-state index contributed by atoms with van der Waals surface area (Å²) in [6, 6.07) is 6.90. The molecule has 1 fully saturated rings. The Labute approximate surface area is 114 Å². The minimum absolute atomic E-state index is 1.15. The molecule has 3 rings (SSSR count). The maximum atomic E-state index is 3.42. The third-order valence-electron chi connectivity index (χ3n) is 3.92. The molecule has 0 bridgehead atoms. The molecule has 0 spiro atoms. The zero-order chi connectivity index (χ0) is 12.2. The first kappa shape index (κ1) is 12.5. The predicted octanol–water partition coefficient (Wildman–Crippen LogP) is 2.17.